The summed E-state index contributed by atoms with van der Waals surface area (Å²) in [6, 6.07) is 8.53. The van der Waals surface area contributed by atoms with E-state index in [1.165, 1.54) is 42.5 Å². The fraction of sp³-hybridized carbons (Fsp3) is 0.174. The Kier molecular flexibility index (Phi) is 9.37. The summed E-state index contributed by atoms with van der Waals surface area (Å²) in [5.41, 5.74) is 0.916. The normalized spacial score (nSPS) is 14.3. The number of hydrazone groups is 1. The van der Waals surface area contributed by atoms with Crippen molar-refractivity contribution in [1.29, 1.82) is 5.26 Å². The highest BCUT2D eigenvalue weighted by Gasteiger charge is 2.28. The van der Waals surface area contributed by atoms with Gasteiger partial charge in [-0.25, -0.2) is 14.8 Å². The number of amides is 1. The molecule has 14 heteroatoms. The molecular weight excluding hydrogens is 533 g/mol. The summed E-state index contributed by atoms with van der Waals surface area (Å²) in [7, 11) is 1.36. The van der Waals surface area contributed by atoms with Crippen LogP contribution in [0.15, 0.2) is 64.1 Å². The highest BCUT2D eigenvalue weighted by molar-refractivity contribution is 6.52. The number of aliphatic imine (C=N–C) groups is 2. The first-order valence-electron chi connectivity index (χ1n) is 10.3. The number of benzene rings is 2. The Morgan fingerprint density at radius 1 is 1.32 bits per heavy atom. The first kappa shape index (κ1) is 27.4. The number of hydrogen-bond acceptors (Lipinski definition) is 7. The molecule has 0 saturated carbocycles. The quantitative estimate of drug-likeness (QED) is 0.166. The number of hydrogen-bond donors (Lipinski definition) is 1. The van der Waals surface area contributed by atoms with Gasteiger partial charge in [0.25, 0.3) is 0 Å². The zero-order valence-corrected chi connectivity index (χ0v) is 20.6. The summed E-state index contributed by atoms with van der Waals surface area (Å²) in [5, 5.41) is 17.9. The summed E-state index contributed by atoms with van der Waals surface area (Å²) in [6.07, 6.45) is 2.23. The summed E-state index contributed by atoms with van der Waals surface area (Å²) in [6.45, 7) is 0.239. The van der Waals surface area contributed by atoms with Crippen molar-refractivity contribution in [3.63, 3.8) is 0 Å². The second-order valence-electron chi connectivity index (χ2n) is 6.94. The monoisotopic (exact) mass is 550 g/mol. The molecule has 0 aliphatic carbocycles. The maximum Gasteiger partial charge on any atom is 0.434 e. The number of halogens is 4. The average molecular weight is 551 g/mol. The fourth-order valence-corrected chi connectivity index (χ4v) is 3.33. The second kappa shape index (κ2) is 12.7. The number of carbonyl (C=O) groups is 1. The molecule has 1 heterocycles. The van der Waals surface area contributed by atoms with Gasteiger partial charge in [0.2, 0.25) is 5.96 Å². The third kappa shape index (κ3) is 7.16. The fourth-order valence-electron chi connectivity index (χ4n) is 3.03. The van der Waals surface area contributed by atoms with Crippen molar-refractivity contribution in [1.82, 2.24) is 10.3 Å². The second-order valence-corrected chi connectivity index (χ2v) is 7.76. The molecule has 0 atom stereocenters. The summed E-state index contributed by atoms with van der Waals surface area (Å²) >= 11 is 12.2. The first-order valence-corrected chi connectivity index (χ1v) is 11.0. The minimum Gasteiger partial charge on any atom is -0.494 e. The number of nitriles is 1. The van der Waals surface area contributed by atoms with Crippen molar-refractivity contribution in [3.05, 3.63) is 64.7 Å². The van der Waals surface area contributed by atoms with Gasteiger partial charge in [0, 0.05) is 11.6 Å². The zero-order chi connectivity index (χ0) is 26.9. The first-order chi connectivity index (χ1) is 17.7. The van der Waals surface area contributed by atoms with Crippen molar-refractivity contribution >= 4 is 52.4 Å². The van der Waals surface area contributed by atoms with E-state index >= 15 is 0 Å². The average Bonchev–Trinajstić information content (AvgIpc) is 3.27. The number of ether oxygens (including phenoxy) is 3. The van der Waals surface area contributed by atoms with E-state index in [0.717, 1.165) is 0 Å². The van der Waals surface area contributed by atoms with Crippen molar-refractivity contribution in [2.45, 2.75) is 6.61 Å². The molecule has 0 unspecified atom stereocenters. The summed E-state index contributed by atoms with van der Waals surface area (Å²) in [5.74, 6) is -0.106. The van der Waals surface area contributed by atoms with Gasteiger partial charge in [0.15, 0.2) is 6.19 Å². The smallest absolute Gasteiger partial charge is 0.434 e. The molecule has 2 aromatic carbocycles. The van der Waals surface area contributed by atoms with Crippen LogP contribution in [0.5, 0.6) is 11.5 Å². The minimum atomic E-state index is -3.06. The van der Waals surface area contributed by atoms with E-state index in [9.17, 15) is 18.8 Å². The molecule has 37 heavy (non-hydrogen) atoms. The molecule has 1 aliphatic heterocycles. The molecular formula is C23H18Cl2F2N6O4. The van der Waals surface area contributed by atoms with Crippen molar-refractivity contribution in [2.75, 3.05) is 20.3 Å². The highest BCUT2D eigenvalue weighted by Crippen LogP contribution is 2.33. The van der Waals surface area contributed by atoms with Gasteiger partial charge < -0.3 is 14.2 Å². The van der Waals surface area contributed by atoms with Crippen LogP contribution in [0, 0.1) is 11.5 Å². The molecule has 3 rings (SSSR count). The number of nitrogens with one attached hydrogen (secondary N) is 1. The zero-order valence-electron chi connectivity index (χ0n) is 19.1. The van der Waals surface area contributed by atoms with Crippen LogP contribution in [0.1, 0.15) is 5.56 Å². The van der Waals surface area contributed by atoms with Crippen molar-refractivity contribution < 1.29 is 27.8 Å². The molecule has 0 saturated heterocycles. The molecule has 192 valence electrons. The lowest BCUT2D eigenvalue weighted by molar-refractivity contribution is -0.0498. The van der Waals surface area contributed by atoms with Gasteiger partial charge in [-0.05, 0) is 24.3 Å². The number of methoxy groups -OCH3 is 1. The van der Waals surface area contributed by atoms with Crippen LogP contribution in [0.3, 0.4) is 0 Å². The molecule has 0 fully saturated rings. The Balaban J connectivity index is 2.08. The lowest BCUT2D eigenvalue weighted by atomic mass is 10.1. The SMILES string of the molecule is C=CCOC(=O)N=C1CN(C(=Nc2cc(OC(F)F)ccc2OC)NC#N)N=C1c1ccc(Cl)c(Cl)c1. The van der Waals surface area contributed by atoms with Gasteiger partial charge in [-0.3, -0.25) is 5.32 Å². The topological polar surface area (TPSA) is 121 Å². The Labute approximate surface area is 220 Å². The van der Waals surface area contributed by atoms with E-state index in [4.69, 9.17) is 32.7 Å². The van der Waals surface area contributed by atoms with E-state index in [2.05, 4.69) is 31.7 Å². The number of guanidine groups is 1. The van der Waals surface area contributed by atoms with Crippen LogP contribution >= 0.6 is 23.2 Å². The summed E-state index contributed by atoms with van der Waals surface area (Å²) in [4.78, 5) is 20.5. The van der Waals surface area contributed by atoms with Crippen LogP contribution in [0.25, 0.3) is 0 Å². The van der Waals surface area contributed by atoms with E-state index in [1.807, 2.05) is 0 Å². The maximum atomic E-state index is 12.7. The largest absolute Gasteiger partial charge is 0.494 e. The Morgan fingerprint density at radius 3 is 2.76 bits per heavy atom. The van der Waals surface area contributed by atoms with Crippen molar-refractivity contribution in [2.24, 2.45) is 15.1 Å². The molecule has 0 radical (unpaired) electrons. The van der Waals surface area contributed by atoms with Crippen LogP contribution < -0.4 is 14.8 Å². The molecule has 0 spiro atoms. The number of alkyl halides is 2. The van der Waals surface area contributed by atoms with Crippen LogP contribution in [0.4, 0.5) is 19.3 Å². The number of rotatable bonds is 7. The van der Waals surface area contributed by atoms with E-state index < -0.39 is 12.7 Å². The Hall–Kier alpha value is -4.21. The molecule has 0 aromatic heterocycles. The number of nitrogens with zero attached hydrogens (tertiary/aromatic N) is 5. The molecule has 0 bridgehead atoms. The Bertz CT molecular complexity index is 1330. The van der Waals surface area contributed by atoms with Crippen LogP contribution in [0.2, 0.25) is 10.0 Å². The lowest BCUT2D eigenvalue weighted by Gasteiger charge is -2.15. The maximum absolute atomic E-state index is 12.7. The van der Waals surface area contributed by atoms with Crippen LogP contribution in [-0.4, -0.2) is 55.4 Å². The van der Waals surface area contributed by atoms with Crippen LogP contribution in [-0.2, 0) is 4.74 Å². The van der Waals surface area contributed by atoms with E-state index in [0.29, 0.717) is 10.6 Å². The van der Waals surface area contributed by atoms with Crippen molar-refractivity contribution in [3.8, 4) is 17.7 Å². The Morgan fingerprint density at radius 2 is 2.11 bits per heavy atom. The molecule has 1 aliphatic rings. The number of carbonyl (C=O) groups excluding carboxylic acids is 1. The minimum absolute atomic E-state index is 0.0560. The van der Waals surface area contributed by atoms with Gasteiger partial charge in [-0.2, -0.15) is 24.1 Å². The summed E-state index contributed by atoms with van der Waals surface area (Å²) < 4.78 is 40.0. The highest BCUT2D eigenvalue weighted by atomic mass is 35.5. The molecule has 10 nitrogen and oxygen atoms in total. The predicted molar refractivity (Wildman–Crippen MR) is 134 cm³/mol. The molecule has 1 N–H and O–H groups in total. The van der Waals surface area contributed by atoms with E-state index in [1.54, 1.807) is 18.3 Å². The van der Waals surface area contributed by atoms with Gasteiger partial charge in [-0.1, -0.05) is 41.9 Å². The van der Waals surface area contributed by atoms with Gasteiger partial charge in [-0.15, -0.1) is 0 Å². The van der Waals surface area contributed by atoms with Gasteiger partial charge in [0.05, 0.1) is 29.4 Å². The van der Waals surface area contributed by atoms with E-state index in [-0.39, 0.29) is 52.7 Å². The van der Waals surface area contributed by atoms with Gasteiger partial charge in [0.1, 0.15) is 29.5 Å². The standard InChI is InChI=1S/C23H18Cl2F2N6O4/c1-3-8-36-23(34)31-18-11-33(32-20(18)13-4-6-15(24)16(25)9-13)22(29-12-28)30-17-10-14(37-21(26)27)5-7-19(17)35-2/h3-7,9-10,21H,1,8,11H2,2H3,(H,29,30). The third-order valence-corrected chi connectivity index (χ3v) is 5.29. The predicted octanol–water partition coefficient (Wildman–Crippen LogP) is 5.15. The molecule has 2 aromatic rings. The lowest BCUT2D eigenvalue weighted by Crippen LogP contribution is -2.35. The third-order valence-electron chi connectivity index (χ3n) is 4.55. The van der Waals surface area contributed by atoms with Gasteiger partial charge >= 0.3 is 12.7 Å². The molecule has 1 amide bonds.